The van der Waals surface area contributed by atoms with E-state index in [1.54, 1.807) is 4.90 Å². The Morgan fingerprint density at radius 1 is 1.58 bits per heavy atom. The first-order valence-electron chi connectivity index (χ1n) is 6.24. The van der Waals surface area contributed by atoms with Crippen molar-refractivity contribution in [3.05, 3.63) is 12.2 Å². The van der Waals surface area contributed by atoms with Crippen LogP contribution in [0.25, 0.3) is 0 Å². The average Bonchev–Trinajstić information content (AvgIpc) is 2.88. The van der Waals surface area contributed by atoms with Crippen molar-refractivity contribution in [2.75, 3.05) is 13.1 Å². The molecule has 1 aromatic heterocycles. The Kier molecular flexibility index (Phi) is 4.32. The van der Waals surface area contributed by atoms with Gasteiger partial charge >= 0.3 is 12.0 Å². The van der Waals surface area contributed by atoms with Gasteiger partial charge in [0, 0.05) is 19.5 Å². The number of nitrogens with zero attached hydrogens (tertiary/aromatic N) is 3. The van der Waals surface area contributed by atoms with Crippen LogP contribution in [0.3, 0.4) is 0 Å². The van der Waals surface area contributed by atoms with E-state index in [9.17, 15) is 9.59 Å². The molecule has 1 fully saturated rings. The predicted molar refractivity (Wildman–Crippen MR) is 65.2 cm³/mol. The van der Waals surface area contributed by atoms with E-state index in [1.807, 2.05) is 0 Å². The third-order valence-corrected chi connectivity index (χ3v) is 3.14. The molecule has 2 amide bonds. The van der Waals surface area contributed by atoms with Gasteiger partial charge in [-0.05, 0) is 18.8 Å². The van der Waals surface area contributed by atoms with Crippen molar-refractivity contribution >= 4 is 12.0 Å². The molecule has 1 aliphatic rings. The van der Waals surface area contributed by atoms with E-state index in [0.29, 0.717) is 25.5 Å². The lowest BCUT2D eigenvalue weighted by Gasteiger charge is -2.32. The molecule has 0 radical (unpaired) electrons. The quantitative estimate of drug-likeness (QED) is 0.721. The second-order valence-corrected chi connectivity index (χ2v) is 4.64. The van der Waals surface area contributed by atoms with Crippen LogP contribution in [0.2, 0.25) is 0 Å². The molecule has 1 aromatic rings. The number of likely N-dealkylation sites (tertiary alicyclic amines) is 1. The summed E-state index contributed by atoms with van der Waals surface area (Å²) in [5.74, 6) is -0.177. The van der Waals surface area contributed by atoms with Gasteiger partial charge < -0.3 is 15.3 Å². The number of carboxylic acids is 1. The van der Waals surface area contributed by atoms with Crippen LogP contribution in [0.1, 0.15) is 25.1 Å². The van der Waals surface area contributed by atoms with Crippen molar-refractivity contribution in [2.45, 2.75) is 25.8 Å². The molecule has 3 N–H and O–H groups in total. The third-order valence-electron chi connectivity index (χ3n) is 3.14. The summed E-state index contributed by atoms with van der Waals surface area (Å²) in [6, 6.07) is -0.188. The summed E-state index contributed by atoms with van der Waals surface area (Å²) in [4.78, 5) is 28.2. The summed E-state index contributed by atoms with van der Waals surface area (Å²) in [7, 11) is 0. The molecule has 0 aromatic carbocycles. The van der Waals surface area contributed by atoms with Crippen molar-refractivity contribution in [3.63, 3.8) is 0 Å². The van der Waals surface area contributed by atoms with Gasteiger partial charge in [0.1, 0.15) is 12.2 Å². The lowest BCUT2D eigenvalue weighted by atomic mass is 9.95. The SMILES string of the molecule is O=C(O)CC1CCCN(C(=O)NCc2ncn[nH]2)C1. The van der Waals surface area contributed by atoms with Gasteiger partial charge in [-0.2, -0.15) is 5.10 Å². The molecule has 1 atom stereocenters. The number of hydrogen-bond acceptors (Lipinski definition) is 4. The second kappa shape index (κ2) is 6.17. The van der Waals surface area contributed by atoms with Gasteiger partial charge in [0.25, 0.3) is 0 Å². The molecule has 8 nitrogen and oxygen atoms in total. The van der Waals surface area contributed by atoms with Crippen LogP contribution in [-0.4, -0.2) is 50.3 Å². The molecule has 19 heavy (non-hydrogen) atoms. The van der Waals surface area contributed by atoms with Crippen LogP contribution in [0.5, 0.6) is 0 Å². The Labute approximate surface area is 110 Å². The summed E-state index contributed by atoms with van der Waals surface area (Å²) in [5, 5.41) is 17.9. The zero-order valence-electron chi connectivity index (χ0n) is 10.5. The van der Waals surface area contributed by atoms with E-state index in [-0.39, 0.29) is 18.4 Å². The second-order valence-electron chi connectivity index (χ2n) is 4.64. The fourth-order valence-corrected chi connectivity index (χ4v) is 2.25. The lowest BCUT2D eigenvalue weighted by Crippen LogP contribution is -2.45. The van der Waals surface area contributed by atoms with Crippen molar-refractivity contribution in [2.24, 2.45) is 5.92 Å². The summed E-state index contributed by atoms with van der Waals surface area (Å²) in [6.45, 7) is 1.45. The summed E-state index contributed by atoms with van der Waals surface area (Å²) in [6.07, 6.45) is 3.20. The average molecular weight is 267 g/mol. The number of amides is 2. The molecule has 1 aliphatic heterocycles. The number of aromatic nitrogens is 3. The molecular weight excluding hydrogens is 250 g/mol. The van der Waals surface area contributed by atoms with E-state index in [4.69, 9.17) is 5.11 Å². The monoisotopic (exact) mass is 267 g/mol. The molecule has 104 valence electrons. The van der Waals surface area contributed by atoms with Crippen molar-refractivity contribution in [1.29, 1.82) is 0 Å². The first kappa shape index (κ1) is 13.3. The number of carbonyl (C=O) groups is 2. The minimum absolute atomic E-state index is 0.0438. The highest BCUT2D eigenvalue weighted by Gasteiger charge is 2.25. The molecule has 0 spiro atoms. The fourth-order valence-electron chi connectivity index (χ4n) is 2.25. The molecule has 2 rings (SSSR count). The molecule has 0 saturated carbocycles. The van der Waals surface area contributed by atoms with Gasteiger partial charge in [0.05, 0.1) is 6.54 Å². The number of carboxylic acid groups (broad SMARTS) is 1. The number of H-pyrrole nitrogens is 1. The summed E-state index contributed by atoms with van der Waals surface area (Å²) < 4.78 is 0. The van der Waals surface area contributed by atoms with Crippen LogP contribution in [0.4, 0.5) is 4.79 Å². The molecule has 1 saturated heterocycles. The van der Waals surface area contributed by atoms with E-state index >= 15 is 0 Å². The predicted octanol–water partition coefficient (Wildman–Crippen LogP) is 0.201. The summed E-state index contributed by atoms with van der Waals surface area (Å²) in [5.41, 5.74) is 0. The zero-order chi connectivity index (χ0) is 13.7. The van der Waals surface area contributed by atoms with Crippen molar-refractivity contribution in [1.82, 2.24) is 25.4 Å². The minimum atomic E-state index is -0.811. The first-order valence-corrected chi connectivity index (χ1v) is 6.24. The molecule has 8 heteroatoms. The number of hydrogen-bond donors (Lipinski definition) is 3. The topological polar surface area (TPSA) is 111 Å². The number of nitrogens with one attached hydrogen (secondary N) is 2. The van der Waals surface area contributed by atoms with Crippen molar-refractivity contribution in [3.8, 4) is 0 Å². The Bertz CT molecular complexity index is 434. The first-order chi connectivity index (χ1) is 9.15. The van der Waals surface area contributed by atoms with Gasteiger partial charge in [0.15, 0.2) is 0 Å². The van der Waals surface area contributed by atoms with Gasteiger partial charge in [0.2, 0.25) is 0 Å². The maximum Gasteiger partial charge on any atom is 0.317 e. The van der Waals surface area contributed by atoms with Crippen molar-refractivity contribution < 1.29 is 14.7 Å². The van der Waals surface area contributed by atoms with Gasteiger partial charge in [-0.25, -0.2) is 9.78 Å². The maximum absolute atomic E-state index is 11.9. The highest BCUT2D eigenvalue weighted by Crippen LogP contribution is 2.19. The normalized spacial score (nSPS) is 19.2. The Morgan fingerprint density at radius 2 is 2.42 bits per heavy atom. The highest BCUT2D eigenvalue weighted by atomic mass is 16.4. The number of aliphatic carboxylic acids is 1. The highest BCUT2D eigenvalue weighted by molar-refractivity contribution is 5.74. The lowest BCUT2D eigenvalue weighted by molar-refractivity contribution is -0.138. The Balaban J connectivity index is 1.79. The van der Waals surface area contributed by atoms with Crippen LogP contribution < -0.4 is 5.32 Å². The van der Waals surface area contributed by atoms with Gasteiger partial charge in [-0.3, -0.25) is 9.89 Å². The molecule has 0 bridgehead atoms. The number of piperidine rings is 1. The van der Waals surface area contributed by atoms with Gasteiger partial charge in [-0.1, -0.05) is 0 Å². The largest absolute Gasteiger partial charge is 0.481 e. The van der Waals surface area contributed by atoms with Gasteiger partial charge in [-0.15, -0.1) is 0 Å². The fraction of sp³-hybridized carbons (Fsp3) is 0.636. The van der Waals surface area contributed by atoms with Crippen LogP contribution >= 0.6 is 0 Å². The van der Waals surface area contributed by atoms with E-state index in [0.717, 1.165) is 12.8 Å². The minimum Gasteiger partial charge on any atom is -0.481 e. The Morgan fingerprint density at radius 3 is 3.11 bits per heavy atom. The van der Waals surface area contributed by atoms with E-state index in [2.05, 4.69) is 20.5 Å². The third kappa shape index (κ3) is 3.94. The molecule has 2 heterocycles. The molecule has 1 unspecified atom stereocenters. The summed E-state index contributed by atoms with van der Waals surface area (Å²) >= 11 is 0. The van der Waals surface area contributed by atoms with Crippen LogP contribution in [0, 0.1) is 5.92 Å². The number of urea groups is 1. The Hall–Kier alpha value is -2.12. The number of carbonyl (C=O) groups excluding carboxylic acids is 1. The maximum atomic E-state index is 11.9. The van der Waals surface area contributed by atoms with Crippen LogP contribution in [-0.2, 0) is 11.3 Å². The molecular formula is C11H17N5O3. The van der Waals surface area contributed by atoms with E-state index in [1.165, 1.54) is 6.33 Å². The zero-order valence-corrected chi connectivity index (χ0v) is 10.5. The smallest absolute Gasteiger partial charge is 0.317 e. The van der Waals surface area contributed by atoms with Crippen LogP contribution in [0.15, 0.2) is 6.33 Å². The van der Waals surface area contributed by atoms with E-state index < -0.39 is 5.97 Å². The molecule has 0 aliphatic carbocycles. The number of rotatable bonds is 4. The number of aromatic amines is 1. The standard InChI is InChI=1S/C11H17N5O3/c17-10(18)4-8-2-1-3-16(6-8)11(19)12-5-9-13-7-14-15-9/h7-8H,1-6H2,(H,12,19)(H,17,18)(H,13,14,15).